The van der Waals surface area contributed by atoms with Crippen molar-refractivity contribution in [1.82, 2.24) is 9.97 Å². The maximum atomic E-state index is 10.3. The molecule has 1 rings (SSSR count). The molecule has 0 atom stereocenters. The maximum Gasteiger partial charge on any atom is 0.305 e. The molecule has 1 aromatic heterocycles. The summed E-state index contributed by atoms with van der Waals surface area (Å²) in [4.78, 5) is 18.7. The van der Waals surface area contributed by atoms with Crippen LogP contribution in [-0.2, 0) is 4.79 Å². The molecule has 0 saturated heterocycles. The van der Waals surface area contributed by atoms with Gasteiger partial charge in [-0.3, -0.25) is 4.79 Å². The lowest BCUT2D eigenvalue weighted by atomic mass is 10.2. The molecule has 0 aromatic carbocycles. The predicted octanol–water partition coefficient (Wildman–Crippen LogP) is 1.49. The van der Waals surface area contributed by atoms with E-state index in [0.717, 1.165) is 5.82 Å². The van der Waals surface area contributed by atoms with Gasteiger partial charge in [-0.05, 0) is 6.07 Å². The van der Waals surface area contributed by atoms with Crippen molar-refractivity contribution in [3.8, 4) is 0 Å². The van der Waals surface area contributed by atoms with E-state index in [4.69, 9.17) is 5.11 Å². The zero-order chi connectivity index (χ0) is 11.3. The van der Waals surface area contributed by atoms with E-state index in [1.54, 1.807) is 12.3 Å². The minimum atomic E-state index is -0.819. The van der Waals surface area contributed by atoms with E-state index in [1.165, 1.54) is 0 Å². The number of carboxylic acids is 1. The molecule has 0 aliphatic heterocycles. The van der Waals surface area contributed by atoms with Crippen LogP contribution in [0.5, 0.6) is 0 Å². The number of carbonyl (C=O) groups is 1. The summed E-state index contributed by atoms with van der Waals surface area (Å²) in [5.41, 5.74) is 0. The molecule has 2 N–H and O–H groups in total. The third-order valence-electron chi connectivity index (χ3n) is 1.84. The van der Waals surface area contributed by atoms with E-state index in [1.807, 2.05) is 13.8 Å². The molecule has 0 fully saturated rings. The molecule has 0 amide bonds. The molecular formula is C10H15N3O2. The summed E-state index contributed by atoms with van der Waals surface area (Å²) in [6.07, 6.45) is 1.76. The lowest BCUT2D eigenvalue weighted by Gasteiger charge is -2.07. The van der Waals surface area contributed by atoms with Crippen LogP contribution in [0.15, 0.2) is 12.3 Å². The summed E-state index contributed by atoms with van der Waals surface area (Å²) in [6, 6.07) is 1.73. The van der Waals surface area contributed by atoms with Gasteiger partial charge in [0.2, 0.25) is 0 Å². The fourth-order valence-electron chi connectivity index (χ4n) is 1.05. The van der Waals surface area contributed by atoms with E-state index >= 15 is 0 Å². The fraction of sp³-hybridized carbons (Fsp3) is 0.500. The van der Waals surface area contributed by atoms with Crippen molar-refractivity contribution < 1.29 is 9.90 Å². The van der Waals surface area contributed by atoms with Crippen LogP contribution in [0.25, 0.3) is 0 Å². The van der Waals surface area contributed by atoms with E-state index < -0.39 is 5.97 Å². The second-order valence-electron chi connectivity index (χ2n) is 3.53. The maximum absolute atomic E-state index is 10.3. The van der Waals surface area contributed by atoms with Crippen LogP contribution in [0.4, 0.5) is 5.82 Å². The normalized spacial score (nSPS) is 10.3. The van der Waals surface area contributed by atoms with Crippen LogP contribution in [0.1, 0.15) is 32.0 Å². The summed E-state index contributed by atoms with van der Waals surface area (Å²) in [7, 11) is 0. The molecule has 1 heterocycles. The average Bonchev–Trinajstić information content (AvgIpc) is 2.17. The van der Waals surface area contributed by atoms with Gasteiger partial charge in [-0.1, -0.05) is 13.8 Å². The van der Waals surface area contributed by atoms with Crippen LogP contribution in [0, 0.1) is 0 Å². The SMILES string of the molecule is CC(C)c1nccc(NCCC(=O)O)n1. The number of aliphatic carboxylic acids is 1. The molecule has 0 spiro atoms. The summed E-state index contributed by atoms with van der Waals surface area (Å²) in [5, 5.41) is 11.4. The highest BCUT2D eigenvalue weighted by molar-refractivity contribution is 5.67. The van der Waals surface area contributed by atoms with Crippen LogP contribution >= 0.6 is 0 Å². The summed E-state index contributed by atoms with van der Waals surface area (Å²) < 4.78 is 0. The molecule has 5 heteroatoms. The zero-order valence-electron chi connectivity index (χ0n) is 8.90. The first-order valence-electron chi connectivity index (χ1n) is 4.88. The second kappa shape index (κ2) is 5.29. The van der Waals surface area contributed by atoms with Gasteiger partial charge in [0.25, 0.3) is 0 Å². The summed E-state index contributed by atoms with van der Waals surface area (Å²) in [5.74, 6) is 0.886. The van der Waals surface area contributed by atoms with Gasteiger partial charge in [0.1, 0.15) is 11.6 Å². The predicted molar refractivity (Wildman–Crippen MR) is 56.9 cm³/mol. The topological polar surface area (TPSA) is 75.1 Å². The Kier molecular flexibility index (Phi) is 4.03. The number of rotatable bonds is 5. The number of hydrogen-bond donors (Lipinski definition) is 2. The lowest BCUT2D eigenvalue weighted by molar-refractivity contribution is -0.136. The van der Waals surface area contributed by atoms with Gasteiger partial charge >= 0.3 is 5.97 Å². The van der Waals surface area contributed by atoms with Crippen molar-refractivity contribution in [3.05, 3.63) is 18.1 Å². The van der Waals surface area contributed by atoms with Crippen molar-refractivity contribution in [2.24, 2.45) is 0 Å². The third kappa shape index (κ3) is 3.93. The monoisotopic (exact) mass is 209 g/mol. The van der Waals surface area contributed by atoms with Crippen LogP contribution in [0.2, 0.25) is 0 Å². The minimum Gasteiger partial charge on any atom is -0.481 e. The molecule has 0 bridgehead atoms. The van der Waals surface area contributed by atoms with Crippen molar-refractivity contribution in [1.29, 1.82) is 0 Å². The molecule has 15 heavy (non-hydrogen) atoms. The first-order valence-corrected chi connectivity index (χ1v) is 4.88. The fourth-order valence-corrected chi connectivity index (χ4v) is 1.05. The van der Waals surface area contributed by atoms with Gasteiger partial charge in [0, 0.05) is 18.7 Å². The number of nitrogens with one attached hydrogen (secondary N) is 1. The quantitative estimate of drug-likeness (QED) is 0.768. The van der Waals surface area contributed by atoms with E-state index in [0.29, 0.717) is 12.4 Å². The van der Waals surface area contributed by atoms with Gasteiger partial charge in [-0.15, -0.1) is 0 Å². The standard InChI is InChI=1S/C10H15N3O2/c1-7(2)10-12-5-3-8(13-10)11-6-4-9(14)15/h3,5,7H,4,6H2,1-2H3,(H,14,15)(H,11,12,13). The molecule has 0 unspecified atom stereocenters. The zero-order valence-corrected chi connectivity index (χ0v) is 8.90. The Morgan fingerprint density at radius 1 is 1.60 bits per heavy atom. The number of carboxylic acid groups (broad SMARTS) is 1. The minimum absolute atomic E-state index is 0.0843. The van der Waals surface area contributed by atoms with Crippen molar-refractivity contribution in [2.75, 3.05) is 11.9 Å². The number of aromatic nitrogens is 2. The molecule has 1 aromatic rings. The Morgan fingerprint density at radius 2 is 2.33 bits per heavy atom. The second-order valence-corrected chi connectivity index (χ2v) is 3.53. The summed E-state index contributed by atoms with van der Waals surface area (Å²) in [6.45, 7) is 4.40. The van der Waals surface area contributed by atoms with Crippen LogP contribution in [-0.4, -0.2) is 27.6 Å². The Bertz CT molecular complexity index is 339. The molecule has 82 valence electrons. The van der Waals surface area contributed by atoms with Gasteiger partial charge < -0.3 is 10.4 Å². The van der Waals surface area contributed by atoms with Crippen molar-refractivity contribution in [3.63, 3.8) is 0 Å². The number of anilines is 1. The number of nitrogens with zero attached hydrogens (tertiary/aromatic N) is 2. The van der Waals surface area contributed by atoms with Gasteiger partial charge in [-0.2, -0.15) is 0 Å². The van der Waals surface area contributed by atoms with Crippen LogP contribution in [0.3, 0.4) is 0 Å². The Balaban J connectivity index is 2.54. The van der Waals surface area contributed by atoms with Crippen molar-refractivity contribution >= 4 is 11.8 Å². The lowest BCUT2D eigenvalue weighted by Crippen LogP contribution is -2.09. The molecule has 0 radical (unpaired) electrons. The van der Waals surface area contributed by atoms with E-state index in [-0.39, 0.29) is 12.3 Å². The Hall–Kier alpha value is -1.65. The van der Waals surface area contributed by atoms with Gasteiger partial charge in [0.05, 0.1) is 6.42 Å². The first-order chi connectivity index (χ1) is 7.09. The highest BCUT2D eigenvalue weighted by atomic mass is 16.4. The molecule has 0 aliphatic carbocycles. The van der Waals surface area contributed by atoms with E-state index in [9.17, 15) is 4.79 Å². The van der Waals surface area contributed by atoms with E-state index in [2.05, 4.69) is 15.3 Å². The highest BCUT2D eigenvalue weighted by Crippen LogP contribution is 2.10. The highest BCUT2D eigenvalue weighted by Gasteiger charge is 2.03. The third-order valence-corrected chi connectivity index (χ3v) is 1.84. The van der Waals surface area contributed by atoms with Crippen LogP contribution < -0.4 is 5.32 Å². The first kappa shape index (κ1) is 11.4. The summed E-state index contributed by atoms with van der Waals surface area (Å²) >= 11 is 0. The Labute approximate surface area is 88.6 Å². The number of hydrogen-bond acceptors (Lipinski definition) is 4. The smallest absolute Gasteiger partial charge is 0.305 e. The van der Waals surface area contributed by atoms with Gasteiger partial charge in [-0.25, -0.2) is 9.97 Å². The molecule has 0 aliphatic rings. The molecule has 0 saturated carbocycles. The molecular weight excluding hydrogens is 194 g/mol. The molecule has 5 nitrogen and oxygen atoms in total. The van der Waals surface area contributed by atoms with Gasteiger partial charge in [0.15, 0.2) is 0 Å². The largest absolute Gasteiger partial charge is 0.481 e. The Morgan fingerprint density at radius 3 is 2.93 bits per heavy atom. The average molecular weight is 209 g/mol. The van der Waals surface area contributed by atoms with Crippen molar-refractivity contribution in [2.45, 2.75) is 26.2 Å².